The van der Waals surface area contributed by atoms with Gasteiger partial charge in [0.15, 0.2) is 0 Å². The van der Waals surface area contributed by atoms with Gasteiger partial charge in [-0.05, 0) is 48.6 Å². The molecular formula is C21H25N5O2. The maximum Gasteiger partial charge on any atom is 0.271 e. The summed E-state index contributed by atoms with van der Waals surface area (Å²) >= 11 is 0. The summed E-state index contributed by atoms with van der Waals surface area (Å²) in [5.41, 5.74) is 2.35. The van der Waals surface area contributed by atoms with E-state index in [1.54, 1.807) is 17.3 Å². The molecule has 2 aromatic heterocycles. The molecule has 0 spiro atoms. The lowest BCUT2D eigenvalue weighted by molar-refractivity contribution is -0.132. The van der Waals surface area contributed by atoms with Gasteiger partial charge in [0.1, 0.15) is 11.5 Å². The summed E-state index contributed by atoms with van der Waals surface area (Å²) in [6, 6.07) is 5.96. The largest absolute Gasteiger partial charge is 0.377 e. The van der Waals surface area contributed by atoms with Crippen molar-refractivity contribution in [3.63, 3.8) is 0 Å². The molecule has 0 radical (unpaired) electrons. The number of aromatic nitrogens is 2. The standard InChI is InChI=1S/C21H25N5O2/c1-3-19(27)26-11-16(12-26)20(13-4-5-13)25-17-8-15(10-24-21(17)28)14-6-7-23-18(9-14)22-2/h3,6-10,13,16,20,25H,1,4-5,11-12H2,2H3,(H,22,23)(H,24,28). The van der Waals surface area contributed by atoms with Gasteiger partial charge in [0.2, 0.25) is 5.91 Å². The molecule has 7 nitrogen and oxygen atoms in total. The molecule has 4 rings (SSSR count). The van der Waals surface area contributed by atoms with Crippen LogP contribution in [0.3, 0.4) is 0 Å². The van der Waals surface area contributed by atoms with E-state index in [0.29, 0.717) is 30.6 Å². The van der Waals surface area contributed by atoms with Crippen molar-refractivity contribution in [1.82, 2.24) is 14.9 Å². The predicted octanol–water partition coefficient (Wildman–Crippen LogP) is 2.31. The Morgan fingerprint density at radius 1 is 1.32 bits per heavy atom. The third kappa shape index (κ3) is 3.65. The number of carbonyl (C=O) groups excluding carboxylic acids is 1. The molecule has 3 N–H and O–H groups in total. The fraction of sp³-hybridized carbons (Fsp3) is 0.381. The van der Waals surface area contributed by atoms with Crippen LogP contribution in [0.15, 0.2) is 48.0 Å². The second kappa shape index (κ2) is 7.50. The molecule has 1 atom stereocenters. The number of aromatic amines is 1. The number of hydrogen-bond acceptors (Lipinski definition) is 5. The second-order valence-corrected chi connectivity index (χ2v) is 7.53. The van der Waals surface area contributed by atoms with E-state index in [-0.39, 0.29) is 17.5 Å². The molecule has 1 unspecified atom stereocenters. The average Bonchev–Trinajstić information content (AvgIpc) is 3.52. The zero-order valence-corrected chi connectivity index (χ0v) is 15.9. The highest BCUT2D eigenvalue weighted by Crippen LogP contribution is 2.40. The van der Waals surface area contributed by atoms with E-state index in [1.807, 2.05) is 25.2 Å². The molecule has 28 heavy (non-hydrogen) atoms. The SMILES string of the molecule is C=CC(=O)N1CC(C(Nc2cc(-c3ccnc(NC)c3)c[nH]c2=O)C2CC2)C1. The first kappa shape index (κ1) is 18.3. The lowest BCUT2D eigenvalue weighted by Crippen LogP contribution is -2.56. The van der Waals surface area contributed by atoms with Crippen LogP contribution in [0.5, 0.6) is 0 Å². The molecule has 2 aromatic rings. The van der Waals surface area contributed by atoms with Gasteiger partial charge < -0.3 is 20.5 Å². The van der Waals surface area contributed by atoms with Crippen LogP contribution in [0.1, 0.15) is 12.8 Å². The average molecular weight is 379 g/mol. The van der Waals surface area contributed by atoms with Crippen molar-refractivity contribution in [2.45, 2.75) is 18.9 Å². The van der Waals surface area contributed by atoms with Crippen molar-refractivity contribution in [2.24, 2.45) is 11.8 Å². The van der Waals surface area contributed by atoms with Crippen LogP contribution < -0.4 is 16.2 Å². The first-order chi connectivity index (χ1) is 13.6. The zero-order chi connectivity index (χ0) is 19.7. The highest BCUT2D eigenvalue weighted by atomic mass is 16.2. The van der Waals surface area contributed by atoms with Crippen molar-refractivity contribution >= 4 is 17.4 Å². The number of anilines is 2. The topological polar surface area (TPSA) is 90.1 Å². The van der Waals surface area contributed by atoms with Gasteiger partial charge >= 0.3 is 0 Å². The molecule has 3 heterocycles. The number of nitrogens with zero attached hydrogens (tertiary/aromatic N) is 2. The molecule has 1 saturated carbocycles. The monoisotopic (exact) mass is 379 g/mol. The number of carbonyl (C=O) groups is 1. The molecular weight excluding hydrogens is 354 g/mol. The highest BCUT2D eigenvalue weighted by Gasteiger charge is 2.43. The molecule has 2 aliphatic rings. The van der Waals surface area contributed by atoms with Crippen LogP contribution in [0.2, 0.25) is 0 Å². The Labute approximate surface area is 163 Å². The summed E-state index contributed by atoms with van der Waals surface area (Å²) in [5.74, 6) is 1.67. The summed E-state index contributed by atoms with van der Waals surface area (Å²) in [6.07, 6.45) is 7.15. The smallest absolute Gasteiger partial charge is 0.271 e. The van der Waals surface area contributed by atoms with Crippen molar-refractivity contribution in [3.8, 4) is 11.1 Å². The maximum absolute atomic E-state index is 12.4. The van der Waals surface area contributed by atoms with Gasteiger partial charge in [-0.1, -0.05) is 6.58 Å². The first-order valence-electron chi connectivity index (χ1n) is 9.64. The van der Waals surface area contributed by atoms with Gasteiger partial charge in [0.05, 0.1) is 0 Å². The number of amides is 1. The Kier molecular flexibility index (Phi) is 4.90. The Balaban J connectivity index is 1.54. The summed E-state index contributed by atoms with van der Waals surface area (Å²) in [5, 5.41) is 6.52. The predicted molar refractivity (Wildman–Crippen MR) is 110 cm³/mol. The van der Waals surface area contributed by atoms with Gasteiger partial charge in [-0.3, -0.25) is 9.59 Å². The van der Waals surface area contributed by atoms with Crippen molar-refractivity contribution in [2.75, 3.05) is 30.8 Å². The number of nitrogens with one attached hydrogen (secondary N) is 3. The van der Waals surface area contributed by atoms with Gasteiger partial charge in [0, 0.05) is 50.1 Å². The molecule has 1 saturated heterocycles. The normalized spacial score (nSPS) is 17.5. The molecule has 0 aromatic carbocycles. The van der Waals surface area contributed by atoms with E-state index < -0.39 is 0 Å². The Hall–Kier alpha value is -3.09. The van der Waals surface area contributed by atoms with Crippen LogP contribution in [0.25, 0.3) is 11.1 Å². The van der Waals surface area contributed by atoms with Crippen LogP contribution in [-0.4, -0.2) is 47.0 Å². The fourth-order valence-electron chi connectivity index (χ4n) is 3.81. The highest BCUT2D eigenvalue weighted by molar-refractivity contribution is 5.87. The summed E-state index contributed by atoms with van der Waals surface area (Å²) in [6.45, 7) is 4.98. The molecule has 0 bridgehead atoms. The minimum atomic E-state index is -0.129. The first-order valence-corrected chi connectivity index (χ1v) is 9.64. The van der Waals surface area contributed by atoms with E-state index in [1.165, 1.54) is 6.08 Å². The van der Waals surface area contributed by atoms with Crippen LogP contribution in [-0.2, 0) is 4.79 Å². The molecule has 1 aliphatic carbocycles. The maximum atomic E-state index is 12.4. The number of H-pyrrole nitrogens is 1. The summed E-state index contributed by atoms with van der Waals surface area (Å²) in [4.78, 5) is 33.0. The third-order valence-electron chi connectivity index (χ3n) is 5.61. The second-order valence-electron chi connectivity index (χ2n) is 7.53. The fourth-order valence-corrected chi connectivity index (χ4v) is 3.81. The Morgan fingerprint density at radius 3 is 2.79 bits per heavy atom. The lowest BCUT2D eigenvalue weighted by atomic mass is 9.88. The lowest BCUT2D eigenvalue weighted by Gasteiger charge is -2.43. The summed E-state index contributed by atoms with van der Waals surface area (Å²) < 4.78 is 0. The molecule has 2 fully saturated rings. The van der Waals surface area contributed by atoms with E-state index in [4.69, 9.17) is 0 Å². The third-order valence-corrected chi connectivity index (χ3v) is 5.61. The van der Waals surface area contributed by atoms with E-state index in [9.17, 15) is 9.59 Å². The molecule has 146 valence electrons. The van der Waals surface area contributed by atoms with E-state index in [2.05, 4.69) is 27.2 Å². The molecule has 7 heteroatoms. The zero-order valence-electron chi connectivity index (χ0n) is 15.9. The minimum absolute atomic E-state index is 0.0244. The summed E-state index contributed by atoms with van der Waals surface area (Å²) in [7, 11) is 1.82. The van der Waals surface area contributed by atoms with Crippen molar-refractivity contribution < 1.29 is 4.79 Å². The minimum Gasteiger partial charge on any atom is -0.377 e. The van der Waals surface area contributed by atoms with Crippen LogP contribution >= 0.6 is 0 Å². The van der Waals surface area contributed by atoms with Crippen molar-refractivity contribution in [3.05, 3.63) is 53.6 Å². The van der Waals surface area contributed by atoms with Crippen LogP contribution in [0.4, 0.5) is 11.5 Å². The van der Waals surface area contributed by atoms with Gasteiger partial charge in [-0.25, -0.2) is 4.98 Å². The Morgan fingerprint density at radius 2 is 2.11 bits per heavy atom. The number of pyridine rings is 2. The van der Waals surface area contributed by atoms with Gasteiger partial charge in [0.25, 0.3) is 5.56 Å². The number of hydrogen-bond donors (Lipinski definition) is 3. The molecule has 1 amide bonds. The van der Waals surface area contributed by atoms with Crippen molar-refractivity contribution in [1.29, 1.82) is 0 Å². The quantitative estimate of drug-likeness (QED) is 0.643. The van der Waals surface area contributed by atoms with Crippen LogP contribution in [0, 0.1) is 11.8 Å². The number of rotatable bonds is 7. The van der Waals surface area contributed by atoms with Gasteiger partial charge in [-0.15, -0.1) is 0 Å². The van der Waals surface area contributed by atoms with Gasteiger partial charge in [-0.2, -0.15) is 0 Å². The molecule has 1 aliphatic heterocycles. The van der Waals surface area contributed by atoms with E-state index >= 15 is 0 Å². The van der Waals surface area contributed by atoms with E-state index in [0.717, 1.165) is 29.8 Å². The Bertz CT molecular complexity index is 944. The number of likely N-dealkylation sites (tertiary alicyclic amines) is 1.